The number of aryl methyl sites for hydroxylation is 1. The minimum absolute atomic E-state index is 0.0134. The van der Waals surface area contributed by atoms with Gasteiger partial charge in [0.1, 0.15) is 5.82 Å². The Morgan fingerprint density at radius 2 is 2.28 bits per heavy atom. The highest BCUT2D eigenvalue weighted by molar-refractivity contribution is 5.48. The third kappa shape index (κ3) is 2.51. The van der Waals surface area contributed by atoms with Gasteiger partial charge >= 0.3 is 0 Å². The van der Waals surface area contributed by atoms with Gasteiger partial charge < -0.3 is 10.6 Å². The first-order valence-corrected chi connectivity index (χ1v) is 5.79. The molecule has 0 amide bonds. The second-order valence-corrected chi connectivity index (χ2v) is 4.29. The van der Waals surface area contributed by atoms with Crippen molar-refractivity contribution in [2.24, 2.45) is 12.8 Å². The van der Waals surface area contributed by atoms with Gasteiger partial charge in [-0.1, -0.05) is 6.07 Å². The quantitative estimate of drug-likeness (QED) is 0.895. The SMILES string of the molecule is CN(c1cccc(F)c1)C(CN)c1cnn(C)c1. The molecule has 0 aliphatic heterocycles. The zero-order valence-electron chi connectivity index (χ0n) is 10.5. The summed E-state index contributed by atoms with van der Waals surface area (Å²) in [4.78, 5) is 1.96. The maximum atomic E-state index is 13.2. The van der Waals surface area contributed by atoms with E-state index in [0.29, 0.717) is 6.54 Å². The van der Waals surface area contributed by atoms with E-state index in [1.165, 1.54) is 12.1 Å². The number of aromatic nitrogens is 2. The van der Waals surface area contributed by atoms with Crippen LogP contribution in [0.3, 0.4) is 0 Å². The van der Waals surface area contributed by atoms with Gasteiger partial charge in [0.15, 0.2) is 0 Å². The molecule has 0 aliphatic rings. The first-order chi connectivity index (χ1) is 8.61. The molecule has 0 radical (unpaired) electrons. The van der Waals surface area contributed by atoms with Gasteiger partial charge in [0, 0.05) is 38.1 Å². The average molecular weight is 248 g/mol. The maximum absolute atomic E-state index is 13.2. The smallest absolute Gasteiger partial charge is 0.125 e. The molecule has 96 valence electrons. The molecule has 2 N–H and O–H groups in total. The van der Waals surface area contributed by atoms with E-state index < -0.39 is 0 Å². The molecule has 1 atom stereocenters. The van der Waals surface area contributed by atoms with Crippen LogP contribution in [0.4, 0.5) is 10.1 Å². The van der Waals surface area contributed by atoms with E-state index in [0.717, 1.165) is 11.3 Å². The summed E-state index contributed by atoms with van der Waals surface area (Å²) in [6.45, 7) is 0.443. The van der Waals surface area contributed by atoms with E-state index in [4.69, 9.17) is 5.73 Å². The average Bonchev–Trinajstić information content (AvgIpc) is 2.76. The fourth-order valence-electron chi connectivity index (χ4n) is 2.01. The Kier molecular flexibility index (Phi) is 3.62. The first kappa shape index (κ1) is 12.6. The summed E-state index contributed by atoms with van der Waals surface area (Å²) in [5.74, 6) is -0.249. The lowest BCUT2D eigenvalue weighted by atomic mass is 10.1. The summed E-state index contributed by atoms with van der Waals surface area (Å²) in [7, 11) is 3.76. The highest BCUT2D eigenvalue weighted by Crippen LogP contribution is 2.24. The van der Waals surface area contributed by atoms with E-state index in [9.17, 15) is 4.39 Å². The molecular formula is C13H17FN4. The van der Waals surface area contributed by atoms with Crippen molar-refractivity contribution in [2.45, 2.75) is 6.04 Å². The molecule has 0 saturated carbocycles. The predicted octanol–water partition coefficient (Wildman–Crippen LogP) is 1.70. The van der Waals surface area contributed by atoms with Crippen LogP contribution < -0.4 is 10.6 Å². The fraction of sp³-hybridized carbons (Fsp3) is 0.308. The molecule has 1 unspecified atom stereocenters. The number of likely N-dealkylation sites (N-methyl/N-ethyl adjacent to an activating group) is 1. The van der Waals surface area contributed by atoms with E-state index in [-0.39, 0.29) is 11.9 Å². The molecule has 5 heteroatoms. The van der Waals surface area contributed by atoms with Gasteiger partial charge in [-0.25, -0.2) is 4.39 Å². The van der Waals surface area contributed by atoms with Crippen molar-refractivity contribution < 1.29 is 4.39 Å². The number of benzene rings is 1. The molecule has 0 spiro atoms. The van der Waals surface area contributed by atoms with E-state index in [2.05, 4.69) is 5.10 Å². The third-order valence-corrected chi connectivity index (χ3v) is 3.02. The van der Waals surface area contributed by atoms with Crippen molar-refractivity contribution in [3.63, 3.8) is 0 Å². The molecule has 4 nitrogen and oxygen atoms in total. The molecule has 0 bridgehead atoms. The Morgan fingerprint density at radius 3 is 2.83 bits per heavy atom. The largest absolute Gasteiger partial charge is 0.366 e. The lowest BCUT2D eigenvalue weighted by molar-refractivity contribution is 0.623. The van der Waals surface area contributed by atoms with Crippen LogP contribution in [-0.2, 0) is 7.05 Å². The van der Waals surface area contributed by atoms with Crippen molar-refractivity contribution in [2.75, 3.05) is 18.5 Å². The Bertz CT molecular complexity index is 523. The second-order valence-electron chi connectivity index (χ2n) is 4.29. The van der Waals surface area contributed by atoms with E-state index in [1.54, 1.807) is 16.9 Å². The van der Waals surface area contributed by atoms with Crippen LogP contribution in [0.1, 0.15) is 11.6 Å². The van der Waals surface area contributed by atoms with Crippen molar-refractivity contribution in [3.8, 4) is 0 Å². The zero-order valence-corrected chi connectivity index (χ0v) is 10.5. The molecule has 18 heavy (non-hydrogen) atoms. The monoisotopic (exact) mass is 248 g/mol. The number of nitrogens with two attached hydrogens (primary N) is 1. The van der Waals surface area contributed by atoms with E-state index in [1.807, 2.05) is 31.3 Å². The Balaban J connectivity index is 2.28. The van der Waals surface area contributed by atoms with Gasteiger partial charge in [-0.3, -0.25) is 4.68 Å². The number of hydrogen-bond acceptors (Lipinski definition) is 3. The highest BCUT2D eigenvalue weighted by atomic mass is 19.1. The molecular weight excluding hydrogens is 231 g/mol. The van der Waals surface area contributed by atoms with Gasteiger partial charge in [0.05, 0.1) is 12.2 Å². The second kappa shape index (κ2) is 5.18. The molecule has 1 heterocycles. The Hall–Kier alpha value is -1.88. The number of nitrogens with zero attached hydrogens (tertiary/aromatic N) is 3. The first-order valence-electron chi connectivity index (χ1n) is 5.79. The van der Waals surface area contributed by atoms with Crippen molar-refractivity contribution in [1.29, 1.82) is 0 Å². The molecule has 1 aromatic carbocycles. The third-order valence-electron chi connectivity index (χ3n) is 3.02. The van der Waals surface area contributed by atoms with Gasteiger partial charge in [-0.15, -0.1) is 0 Å². The fourth-order valence-corrected chi connectivity index (χ4v) is 2.01. The zero-order chi connectivity index (χ0) is 13.1. The predicted molar refractivity (Wildman–Crippen MR) is 69.8 cm³/mol. The minimum Gasteiger partial charge on any atom is -0.366 e. The topological polar surface area (TPSA) is 47.1 Å². The molecule has 0 saturated heterocycles. The maximum Gasteiger partial charge on any atom is 0.125 e. The van der Waals surface area contributed by atoms with Gasteiger partial charge in [0.2, 0.25) is 0 Å². The molecule has 1 aromatic heterocycles. The molecule has 2 rings (SSSR count). The number of hydrogen-bond donors (Lipinski definition) is 1. The van der Waals surface area contributed by atoms with Crippen LogP contribution in [0.15, 0.2) is 36.7 Å². The summed E-state index contributed by atoms with van der Waals surface area (Å²) in [5, 5.41) is 4.14. The lowest BCUT2D eigenvalue weighted by Crippen LogP contribution is -2.30. The van der Waals surface area contributed by atoms with Gasteiger partial charge in [-0.05, 0) is 18.2 Å². The summed E-state index contributed by atoms with van der Waals surface area (Å²) in [5.41, 5.74) is 7.64. The van der Waals surface area contributed by atoms with Crippen LogP contribution in [-0.4, -0.2) is 23.4 Å². The summed E-state index contributed by atoms with van der Waals surface area (Å²) in [6.07, 6.45) is 3.71. The van der Waals surface area contributed by atoms with E-state index >= 15 is 0 Å². The summed E-state index contributed by atoms with van der Waals surface area (Å²) in [6, 6.07) is 6.47. The number of halogens is 1. The van der Waals surface area contributed by atoms with Crippen molar-refractivity contribution in [3.05, 3.63) is 48.0 Å². The Labute approximate surface area is 106 Å². The Morgan fingerprint density at radius 1 is 1.50 bits per heavy atom. The van der Waals surface area contributed by atoms with Crippen molar-refractivity contribution in [1.82, 2.24) is 9.78 Å². The summed E-state index contributed by atoms with van der Waals surface area (Å²) < 4.78 is 15.0. The highest BCUT2D eigenvalue weighted by Gasteiger charge is 2.17. The van der Waals surface area contributed by atoms with Crippen LogP contribution >= 0.6 is 0 Å². The standard InChI is InChI=1S/C13H17FN4/c1-17-9-10(8-16-17)13(7-15)18(2)12-5-3-4-11(14)6-12/h3-6,8-9,13H,7,15H2,1-2H3. The van der Waals surface area contributed by atoms with Crippen LogP contribution in [0.5, 0.6) is 0 Å². The minimum atomic E-state index is -0.249. The van der Waals surface area contributed by atoms with Crippen LogP contribution in [0, 0.1) is 5.82 Å². The van der Waals surface area contributed by atoms with Gasteiger partial charge in [0.25, 0.3) is 0 Å². The lowest BCUT2D eigenvalue weighted by Gasteiger charge is -2.28. The molecule has 0 fully saturated rings. The van der Waals surface area contributed by atoms with Crippen molar-refractivity contribution >= 4 is 5.69 Å². The van der Waals surface area contributed by atoms with Gasteiger partial charge in [-0.2, -0.15) is 5.10 Å². The molecule has 2 aromatic rings. The normalized spacial score (nSPS) is 12.4. The molecule has 0 aliphatic carbocycles. The summed E-state index contributed by atoms with van der Waals surface area (Å²) >= 11 is 0. The number of rotatable bonds is 4. The van der Waals surface area contributed by atoms with Crippen LogP contribution in [0.25, 0.3) is 0 Å². The number of anilines is 1. The van der Waals surface area contributed by atoms with Crippen LogP contribution in [0.2, 0.25) is 0 Å².